The smallest absolute Gasteiger partial charge is 0.407 e. The summed E-state index contributed by atoms with van der Waals surface area (Å²) in [4.78, 5) is 11.7. The van der Waals surface area contributed by atoms with E-state index >= 15 is 0 Å². The zero-order chi connectivity index (χ0) is 14.1. The predicted octanol–water partition coefficient (Wildman–Crippen LogP) is 4.01. The topological polar surface area (TPSA) is 38.3 Å². The number of hydrogen-bond donors (Lipinski definition) is 1. The van der Waals surface area contributed by atoms with E-state index in [9.17, 15) is 4.79 Å². The van der Waals surface area contributed by atoms with Crippen molar-refractivity contribution in [3.8, 4) is 0 Å². The lowest BCUT2D eigenvalue weighted by atomic mass is 9.96. The molecule has 0 spiro atoms. The van der Waals surface area contributed by atoms with E-state index in [1.54, 1.807) is 0 Å². The Hall–Kier alpha value is -1.03. The first-order valence-electron chi connectivity index (χ1n) is 6.54. The summed E-state index contributed by atoms with van der Waals surface area (Å²) in [7, 11) is 0. The Balaban J connectivity index is 1.97. The highest BCUT2D eigenvalue weighted by Crippen LogP contribution is 2.49. The maximum atomic E-state index is 11.7. The van der Waals surface area contributed by atoms with Crippen molar-refractivity contribution < 1.29 is 9.53 Å². The standard InChI is InChI=1S/C15H20BrNO2/c1-14(2,3)19-13(18)17-10-15(8-9-15)11-6-4-5-7-12(11)16/h4-7H,8-10H2,1-3H3,(H,17,18). The van der Waals surface area contributed by atoms with E-state index in [1.165, 1.54) is 5.56 Å². The third kappa shape index (κ3) is 3.72. The largest absolute Gasteiger partial charge is 0.444 e. The van der Waals surface area contributed by atoms with Crippen LogP contribution in [-0.4, -0.2) is 18.2 Å². The summed E-state index contributed by atoms with van der Waals surface area (Å²) in [6.07, 6.45) is 1.86. The molecule has 0 heterocycles. The van der Waals surface area contributed by atoms with Crippen LogP contribution in [0.3, 0.4) is 0 Å². The molecule has 1 aromatic rings. The molecule has 1 aromatic carbocycles. The molecule has 19 heavy (non-hydrogen) atoms. The van der Waals surface area contributed by atoms with Crippen molar-refractivity contribution in [2.75, 3.05) is 6.54 Å². The Morgan fingerprint density at radius 2 is 2.00 bits per heavy atom. The third-order valence-electron chi connectivity index (χ3n) is 3.27. The van der Waals surface area contributed by atoms with E-state index in [-0.39, 0.29) is 11.5 Å². The van der Waals surface area contributed by atoms with Gasteiger partial charge in [0, 0.05) is 16.4 Å². The van der Waals surface area contributed by atoms with E-state index in [2.05, 4.69) is 27.3 Å². The zero-order valence-corrected chi connectivity index (χ0v) is 13.2. The molecule has 0 aliphatic heterocycles. The van der Waals surface area contributed by atoms with Crippen molar-refractivity contribution in [2.45, 2.75) is 44.6 Å². The molecule has 1 N–H and O–H groups in total. The molecule has 1 aliphatic rings. The monoisotopic (exact) mass is 325 g/mol. The van der Waals surface area contributed by atoms with E-state index in [4.69, 9.17) is 4.74 Å². The van der Waals surface area contributed by atoms with E-state index in [0.29, 0.717) is 6.54 Å². The van der Waals surface area contributed by atoms with Crippen LogP contribution in [0.25, 0.3) is 0 Å². The van der Waals surface area contributed by atoms with Crippen molar-refractivity contribution in [3.05, 3.63) is 34.3 Å². The van der Waals surface area contributed by atoms with Gasteiger partial charge in [-0.05, 0) is 45.2 Å². The van der Waals surface area contributed by atoms with Gasteiger partial charge in [-0.1, -0.05) is 34.1 Å². The van der Waals surface area contributed by atoms with Crippen molar-refractivity contribution in [2.24, 2.45) is 0 Å². The molecule has 1 aliphatic carbocycles. The lowest BCUT2D eigenvalue weighted by Crippen LogP contribution is -2.37. The van der Waals surface area contributed by atoms with Gasteiger partial charge in [0.05, 0.1) is 0 Å². The number of alkyl carbamates (subject to hydrolysis) is 1. The highest BCUT2D eigenvalue weighted by atomic mass is 79.9. The number of nitrogens with one attached hydrogen (secondary N) is 1. The van der Waals surface area contributed by atoms with Crippen LogP contribution >= 0.6 is 15.9 Å². The van der Waals surface area contributed by atoms with E-state index < -0.39 is 5.60 Å². The fourth-order valence-corrected chi connectivity index (χ4v) is 2.84. The summed E-state index contributed by atoms with van der Waals surface area (Å²) in [5, 5.41) is 2.89. The van der Waals surface area contributed by atoms with Crippen LogP contribution < -0.4 is 5.32 Å². The molecule has 104 valence electrons. The van der Waals surface area contributed by atoms with Gasteiger partial charge in [0.2, 0.25) is 0 Å². The molecule has 0 atom stereocenters. The van der Waals surface area contributed by atoms with Crippen LogP contribution in [0.2, 0.25) is 0 Å². The number of halogens is 1. The Kier molecular flexibility index (Phi) is 3.90. The minimum Gasteiger partial charge on any atom is -0.444 e. The van der Waals surface area contributed by atoms with E-state index in [1.807, 2.05) is 39.0 Å². The van der Waals surface area contributed by atoms with Gasteiger partial charge in [-0.25, -0.2) is 4.79 Å². The van der Waals surface area contributed by atoms with Gasteiger partial charge in [-0.3, -0.25) is 0 Å². The molecule has 0 bridgehead atoms. The Morgan fingerprint density at radius 1 is 1.37 bits per heavy atom. The second-order valence-corrected chi connectivity index (χ2v) is 6.97. The summed E-state index contributed by atoms with van der Waals surface area (Å²) >= 11 is 3.58. The molecule has 2 rings (SSSR count). The van der Waals surface area contributed by atoms with Crippen LogP contribution in [0.15, 0.2) is 28.7 Å². The number of hydrogen-bond acceptors (Lipinski definition) is 2. The summed E-state index contributed by atoms with van der Waals surface area (Å²) in [5.41, 5.74) is 0.900. The van der Waals surface area contributed by atoms with Crippen molar-refractivity contribution in [3.63, 3.8) is 0 Å². The SMILES string of the molecule is CC(C)(C)OC(=O)NCC1(c2ccccc2Br)CC1. The first-order chi connectivity index (χ1) is 8.82. The van der Waals surface area contributed by atoms with Gasteiger partial charge in [0.15, 0.2) is 0 Å². The Morgan fingerprint density at radius 3 is 2.53 bits per heavy atom. The van der Waals surface area contributed by atoms with Gasteiger partial charge in [-0.15, -0.1) is 0 Å². The average molecular weight is 326 g/mol. The van der Waals surface area contributed by atoms with Crippen LogP contribution in [0.1, 0.15) is 39.2 Å². The molecule has 3 nitrogen and oxygen atoms in total. The molecule has 1 amide bonds. The molecular formula is C15H20BrNO2. The fraction of sp³-hybridized carbons (Fsp3) is 0.533. The van der Waals surface area contributed by atoms with Gasteiger partial charge in [0.1, 0.15) is 5.60 Å². The second-order valence-electron chi connectivity index (χ2n) is 6.12. The predicted molar refractivity (Wildman–Crippen MR) is 79.3 cm³/mol. The Bertz CT molecular complexity index is 475. The second kappa shape index (κ2) is 5.16. The van der Waals surface area contributed by atoms with Crippen LogP contribution in [-0.2, 0) is 10.2 Å². The minimum atomic E-state index is -0.450. The minimum absolute atomic E-state index is 0.0804. The molecule has 1 fully saturated rings. The fourth-order valence-electron chi connectivity index (χ4n) is 2.14. The van der Waals surface area contributed by atoms with Crippen LogP contribution in [0, 0.1) is 0 Å². The first-order valence-corrected chi connectivity index (χ1v) is 7.34. The number of carbonyl (C=O) groups excluding carboxylic acids is 1. The maximum absolute atomic E-state index is 11.7. The number of ether oxygens (including phenoxy) is 1. The molecule has 0 saturated heterocycles. The van der Waals surface area contributed by atoms with Crippen molar-refractivity contribution in [1.82, 2.24) is 5.32 Å². The lowest BCUT2D eigenvalue weighted by Gasteiger charge is -2.22. The van der Waals surface area contributed by atoms with Crippen LogP contribution in [0.5, 0.6) is 0 Å². The highest BCUT2D eigenvalue weighted by Gasteiger charge is 2.45. The summed E-state index contributed by atoms with van der Waals surface area (Å²) in [6.45, 7) is 6.23. The summed E-state index contributed by atoms with van der Waals surface area (Å²) in [6, 6.07) is 8.20. The lowest BCUT2D eigenvalue weighted by molar-refractivity contribution is 0.0522. The summed E-state index contributed by atoms with van der Waals surface area (Å²) < 4.78 is 6.37. The number of carbonyl (C=O) groups is 1. The molecular weight excluding hydrogens is 306 g/mol. The average Bonchev–Trinajstić information content (AvgIpc) is 3.06. The molecule has 0 aromatic heterocycles. The quantitative estimate of drug-likeness (QED) is 0.911. The normalized spacial score (nSPS) is 16.8. The molecule has 4 heteroatoms. The number of amides is 1. The third-order valence-corrected chi connectivity index (χ3v) is 3.96. The molecule has 0 radical (unpaired) electrons. The molecule has 1 saturated carbocycles. The van der Waals surface area contributed by atoms with Gasteiger partial charge < -0.3 is 10.1 Å². The Labute approximate surface area is 122 Å². The maximum Gasteiger partial charge on any atom is 0.407 e. The van der Waals surface area contributed by atoms with Crippen molar-refractivity contribution >= 4 is 22.0 Å². The van der Waals surface area contributed by atoms with Gasteiger partial charge >= 0.3 is 6.09 Å². The highest BCUT2D eigenvalue weighted by molar-refractivity contribution is 9.10. The van der Waals surface area contributed by atoms with Gasteiger partial charge in [-0.2, -0.15) is 0 Å². The molecule has 0 unspecified atom stereocenters. The van der Waals surface area contributed by atoms with E-state index in [0.717, 1.165) is 17.3 Å². The summed E-state index contributed by atoms with van der Waals surface area (Å²) in [5.74, 6) is 0. The first kappa shape index (κ1) is 14.4. The number of benzene rings is 1. The van der Waals surface area contributed by atoms with Crippen molar-refractivity contribution in [1.29, 1.82) is 0 Å². The number of rotatable bonds is 3. The van der Waals surface area contributed by atoms with Gasteiger partial charge in [0.25, 0.3) is 0 Å². The zero-order valence-electron chi connectivity index (χ0n) is 11.6. The van der Waals surface area contributed by atoms with Crippen LogP contribution in [0.4, 0.5) is 4.79 Å².